The monoisotopic (exact) mass is 358 g/mol. The van der Waals surface area contributed by atoms with Gasteiger partial charge in [-0.25, -0.2) is 0 Å². The van der Waals surface area contributed by atoms with Gasteiger partial charge in [-0.3, -0.25) is 4.79 Å². The maximum absolute atomic E-state index is 12.7. The van der Waals surface area contributed by atoms with E-state index in [4.69, 9.17) is 14.2 Å². The highest BCUT2D eigenvalue weighted by Crippen LogP contribution is 2.30. The van der Waals surface area contributed by atoms with E-state index in [-0.39, 0.29) is 18.3 Å². The molecule has 1 aliphatic heterocycles. The number of methoxy groups -OCH3 is 3. The first-order chi connectivity index (χ1) is 11.1. The van der Waals surface area contributed by atoms with Gasteiger partial charge in [-0.15, -0.1) is 12.4 Å². The van der Waals surface area contributed by atoms with Crippen molar-refractivity contribution in [3.05, 3.63) is 23.8 Å². The summed E-state index contributed by atoms with van der Waals surface area (Å²) in [5.74, 6) is 1.51. The van der Waals surface area contributed by atoms with Crippen LogP contribution in [0.25, 0.3) is 0 Å². The smallest absolute Gasteiger partial charge is 0.228 e. The van der Waals surface area contributed by atoms with Crippen molar-refractivity contribution in [1.29, 1.82) is 0 Å². The Kier molecular flexibility index (Phi) is 8.31. The second kappa shape index (κ2) is 9.71. The van der Waals surface area contributed by atoms with Crippen LogP contribution < -0.4 is 20.1 Å². The van der Waals surface area contributed by atoms with Crippen molar-refractivity contribution in [3.63, 3.8) is 0 Å². The van der Waals surface area contributed by atoms with Crippen LogP contribution in [0.3, 0.4) is 0 Å². The fraction of sp³-hybridized carbons (Fsp3) is 0.588. The Balaban J connectivity index is 0.00000288. The molecule has 2 rings (SSSR count). The molecule has 0 radical (unpaired) electrons. The second-order valence-corrected chi connectivity index (χ2v) is 5.82. The minimum atomic E-state index is -0.452. The predicted molar refractivity (Wildman–Crippen MR) is 95.1 cm³/mol. The van der Waals surface area contributed by atoms with Crippen LogP contribution in [-0.4, -0.2) is 46.9 Å². The summed E-state index contributed by atoms with van der Waals surface area (Å²) in [6.07, 6.45) is 1.56. The second-order valence-electron chi connectivity index (χ2n) is 5.82. The van der Waals surface area contributed by atoms with Crippen LogP contribution in [0.15, 0.2) is 18.2 Å². The van der Waals surface area contributed by atoms with Crippen LogP contribution in [-0.2, 0) is 16.1 Å². The summed E-state index contributed by atoms with van der Waals surface area (Å²) in [6.45, 7) is 2.51. The average molecular weight is 359 g/mol. The SMILES string of the molecule is COCC1(C(=O)NCc2cc(OC)ccc2OC)CCNCC1.Cl. The summed E-state index contributed by atoms with van der Waals surface area (Å²) in [6, 6.07) is 5.56. The van der Waals surface area contributed by atoms with Gasteiger partial charge < -0.3 is 24.8 Å². The normalized spacial score (nSPS) is 16.0. The van der Waals surface area contributed by atoms with E-state index >= 15 is 0 Å². The van der Waals surface area contributed by atoms with Gasteiger partial charge in [0, 0.05) is 19.2 Å². The van der Waals surface area contributed by atoms with Crippen molar-refractivity contribution in [2.24, 2.45) is 5.41 Å². The van der Waals surface area contributed by atoms with Crippen LogP contribution in [0, 0.1) is 5.41 Å². The van der Waals surface area contributed by atoms with E-state index in [9.17, 15) is 4.79 Å². The maximum Gasteiger partial charge on any atom is 0.228 e. The molecule has 0 bridgehead atoms. The molecule has 1 amide bonds. The lowest BCUT2D eigenvalue weighted by Crippen LogP contribution is -2.50. The van der Waals surface area contributed by atoms with Crippen LogP contribution in [0.4, 0.5) is 0 Å². The number of ether oxygens (including phenoxy) is 3. The third-order valence-corrected chi connectivity index (χ3v) is 4.39. The van der Waals surface area contributed by atoms with E-state index in [1.807, 2.05) is 18.2 Å². The maximum atomic E-state index is 12.7. The van der Waals surface area contributed by atoms with Gasteiger partial charge in [0.25, 0.3) is 0 Å². The third-order valence-electron chi connectivity index (χ3n) is 4.39. The molecule has 6 nitrogen and oxygen atoms in total. The van der Waals surface area contributed by atoms with Gasteiger partial charge in [0.15, 0.2) is 0 Å². The zero-order chi connectivity index (χ0) is 16.7. The number of benzene rings is 1. The van der Waals surface area contributed by atoms with E-state index in [0.29, 0.717) is 13.2 Å². The summed E-state index contributed by atoms with van der Waals surface area (Å²) in [5, 5.41) is 6.33. The highest BCUT2D eigenvalue weighted by Gasteiger charge is 2.39. The quantitative estimate of drug-likeness (QED) is 0.777. The molecular formula is C17H27ClN2O4. The van der Waals surface area contributed by atoms with Crippen LogP contribution in [0.2, 0.25) is 0 Å². The number of nitrogens with one attached hydrogen (secondary N) is 2. The molecule has 0 atom stereocenters. The Morgan fingerprint density at radius 2 is 1.92 bits per heavy atom. The van der Waals surface area contributed by atoms with E-state index in [1.54, 1.807) is 21.3 Å². The van der Waals surface area contributed by atoms with Crippen LogP contribution in [0.5, 0.6) is 11.5 Å². The summed E-state index contributed by atoms with van der Waals surface area (Å²) in [4.78, 5) is 12.7. The summed E-state index contributed by atoms with van der Waals surface area (Å²) < 4.78 is 15.9. The molecule has 1 heterocycles. The van der Waals surface area contributed by atoms with E-state index < -0.39 is 5.41 Å². The van der Waals surface area contributed by atoms with E-state index in [2.05, 4.69) is 10.6 Å². The number of rotatable bonds is 7. The number of amides is 1. The molecule has 1 aliphatic rings. The van der Waals surface area contributed by atoms with Crippen molar-refractivity contribution < 1.29 is 19.0 Å². The number of hydrogen-bond donors (Lipinski definition) is 2. The van der Waals surface area contributed by atoms with E-state index in [1.165, 1.54) is 0 Å². The molecule has 1 aromatic carbocycles. The van der Waals surface area contributed by atoms with E-state index in [0.717, 1.165) is 43.0 Å². The fourth-order valence-corrected chi connectivity index (χ4v) is 3.00. The number of carbonyl (C=O) groups excluding carboxylic acids is 1. The van der Waals surface area contributed by atoms with Gasteiger partial charge in [0.1, 0.15) is 11.5 Å². The van der Waals surface area contributed by atoms with Crippen molar-refractivity contribution in [3.8, 4) is 11.5 Å². The first-order valence-corrected chi connectivity index (χ1v) is 7.84. The fourth-order valence-electron chi connectivity index (χ4n) is 3.00. The highest BCUT2D eigenvalue weighted by molar-refractivity contribution is 5.85. The standard InChI is InChI=1S/C17H26N2O4.ClH/c1-21-12-17(6-8-18-9-7-17)16(20)19-11-13-10-14(22-2)4-5-15(13)23-3;/h4-5,10,18H,6-9,11-12H2,1-3H3,(H,19,20);1H. The summed E-state index contributed by atoms with van der Waals surface area (Å²) in [7, 11) is 4.88. The third kappa shape index (κ3) is 4.75. The zero-order valence-electron chi connectivity index (χ0n) is 14.5. The molecule has 7 heteroatoms. The van der Waals surface area contributed by atoms with Crippen LogP contribution in [0.1, 0.15) is 18.4 Å². The molecule has 0 aromatic heterocycles. The Morgan fingerprint density at radius 1 is 1.21 bits per heavy atom. The molecular weight excluding hydrogens is 332 g/mol. The first kappa shape index (κ1) is 20.5. The molecule has 2 N–H and O–H groups in total. The first-order valence-electron chi connectivity index (χ1n) is 7.84. The van der Waals surface area contributed by atoms with Crippen LogP contribution >= 0.6 is 12.4 Å². The molecule has 24 heavy (non-hydrogen) atoms. The number of carbonyl (C=O) groups is 1. The van der Waals surface area contributed by atoms with Gasteiger partial charge in [-0.05, 0) is 44.1 Å². The minimum Gasteiger partial charge on any atom is -0.497 e. The molecule has 0 unspecified atom stereocenters. The molecule has 1 fully saturated rings. The molecule has 136 valence electrons. The lowest BCUT2D eigenvalue weighted by Gasteiger charge is -2.35. The van der Waals surface area contributed by atoms with Crippen molar-refractivity contribution >= 4 is 18.3 Å². The van der Waals surface area contributed by atoms with Crippen molar-refractivity contribution in [2.45, 2.75) is 19.4 Å². The predicted octanol–water partition coefficient (Wildman–Crippen LogP) is 1.76. The molecule has 0 aliphatic carbocycles. The number of halogens is 1. The number of hydrogen-bond acceptors (Lipinski definition) is 5. The van der Waals surface area contributed by atoms with Gasteiger partial charge in [0.05, 0.1) is 26.2 Å². The summed E-state index contributed by atoms with van der Waals surface area (Å²) in [5.41, 5.74) is 0.438. The molecule has 1 saturated heterocycles. The van der Waals surface area contributed by atoms with Crippen molar-refractivity contribution in [1.82, 2.24) is 10.6 Å². The summed E-state index contributed by atoms with van der Waals surface area (Å²) >= 11 is 0. The molecule has 0 saturated carbocycles. The lowest BCUT2D eigenvalue weighted by molar-refractivity contribution is -0.136. The highest BCUT2D eigenvalue weighted by atomic mass is 35.5. The lowest BCUT2D eigenvalue weighted by atomic mass is 9.78. The topological polar surface area (TPSA) is 68.8 Å². The molecule has 0 spiro atoms. The van der Waals surface area contributed by atoms with Gasteiger partial charge in [0.2, 0.25) is 5.91 Å². The van der Waals surface area contributed by atoms with Gasteiger partial charge in [-0.1, -0.05) is 0 Å². The molecule has 1 aromatic rings. The van der Waals surface area contributed by atoms with Gasteiger partial charge in [-0.2, -0.15) is 0 Å². The Morgan fingerprint density at radius 3 is 2.50 bits per heavy atom. The Hall–Kier alpha value is -1.50. The number of piperidine rings is 1. The Bertz CT molecular complexity index is 528. The average Bonchev–Trinajstić information content (AvgIpc) is 2.60. The largest absolute Gasteiger partial charge is 0.497 e. The zero-order valence-corrected chi connectivity index (χ0v) is 15.3. The van der Waals surface area contributed by atoms with Crippen molar-refractivity contribution in [2.75, 3.05) is 41.0 Å². The minimum absolute atomic E-state index is 0. The van der Waals surface area contributed by atoms with Gasteiger partial charge >= 0.3 is 0 Å². The Labute approximate surface area is 149 Å².